The topological polar surface area (TPSA) is 35.2 Å². The average molecular weight is 289 g/mol. The normalized spacial score (nSPS) is 29.1. The fourth-order valence-corrected chi connectivity index (χ4v) is 3.26. The van der Waals surface area contributed by atoms with E-state index in [2.05, 4.69) is 52.0 Å². The van der Waals surface area contributed by atoms with Crippen molar-refractivity contribution in [1.29, 1.82) is 0 Å². The first-order valence-electron chi connectivity index (χ1n) is 8.51. The molecule has 1 aliphatic rings. The van der Waals surface area contributed by atoms with Crippen LogP contribution in [0.15, 0.2) is 24.3 Å². The molecule has 0 radical (unpaired) electrons. The van der Waals surface area contributed by atoms with E-state index in [0.29, 0.717) is 6.10 Å². The smallest absolute Gasteiger partial charge is 0.0743 e. The Morgan fingerprint density at radius 3 is 2.38 bits per heavy atom. The molecule has 2 heteroatoms. The highest BCUT2D eigenvalue weighted by atomic mass is 16.5. The van der Waals surface area contributed by atoms with Gasteiger partial charge in [0.15, 0.2) is 0 Å². The molecule has 21 heavy (non-hydrogen) atoms. The maximum absolute atomic E-state index is 6.38. The van der Waals surface area contributed by atoms with Gasteiger partial charge in [-0.15, -0.1) is 0 Å². The molecule has 0 saturated heterocycles. The Balaban J connectivity index is 1.91. The van der Waals surface area contributed by atoms with E-state index in [-0.39, 0.29) is 12.1 Å². The van der Waals surface area contributed by atoms with Crippen molar-refractivity contribution in [3.63, 3.8) is 0 Å². The number of aryl methyl sites for hydroxylation is 1. The number of hydrogen-bond donors (Lipinski definition) is 1. The second-order valence-electron chi connectivity index (χ2n) is 6.85. The Bertz CT molecular complexity index is 428. The predicted molar refractivity (Wildman–Crippen MR) is 89.3 cm³/mol. The first kappa shape index (κ1) is 16.5. The average Bonchev–Trinajstić information content (AvgIpc) is 2.50. The molecule has 5 unspecified atom stereocenters. The van der Waals surface area contributed by atoms with E-state index in [4.69, 9.17) is 10.5 Å². The number of benzene rings is 1. The molecule has 1 aromatic carbocycles. The standard InChI is InChI=1S/C19H31NO/c1-5-16-7-9-17(10-8-16)19(20)15(4)21-18-11-6-13(2)14(3)12-18/h7-10,13-15,18-19H,5-6,11-12,20H2,1-4H3. The van der Waals surface area contributed by atoms with Gasteiger partial charge < -0.3 is 10.5 Å². The van der Waals surface area contributed by atoms with Crippen LogP contribution < -0.4 is 5.73 Å². The van der Waals surface area contributed by atoms with Crippen LogP contribution >= 0.6 is 0 Å². The fourth-order valence-electron chi connectivity index (χ4n) is 3.26. The molecule has 2 rings (SSSR count). The molecule has 0 heterocycles. The van der Waals surface area contributed by atoms with Crippen LogP contribution in [0.5, 0.6) is 0 Å². The molecule has 5 atom stereocenters. The summed E-state index contributed by atoms with van der Waals surface area (Å²) in [5.74, 6) is 1.59. The third kappa shape index (κ3) is 4.31. The van der Waals surface area contributed by atoms with Gasteiger partial charge in [0.05, 0.1) is 18.2 Å². The van der Waals surface area contributed by atoms with Crippen molar-refractivity contribution in [2.45, 2.75) is 71.6 Å². The number of nitrogens with two attached hydrogens (primary N) is 1. The van der Waals surface area contributed by atoms with E-state index in [1.165, 1.54) is 30.4 Å². The molecule has 1 saturated carbocycles. The summed E-state index contributed by atoms with van der Waals surface area (Å²) < 4.78 is 6.26. The van der Waals surface area contributed by atoms with Gasteiger partial charge in [0.1, 0.15) is 0 Å². The summed E-state index contributed by atoms with van der Waals surface area (Å²) in [6, 6.07) is 8.60. The molecular formula is C19H31NO. The lowest BCUT2D eigenvalue weighted by Gasteiger charge is -2.35. The predicted octanol–water partition coefficient (Wildman–Crippen LogP) is 4.48. The van der Waals surface area contributed by atoms with Gasteiger partial charge in [0.25, 0.3) is 0 Å². The Morgan fingerprint density at radius 2 is 1.81 bits per heavy atom. The minimum atomic E-state index is -0.0365. The summed E-state index contributed by atoms with van der Waals surface area (Å²) >= 11 is 0. The van der Waals surface area contributed by atoms with Crippen molar-refractivity contribution in [1.82, 2.24) is 0 Å². The minimum Gasteiger partial charge on any atom is -0.373 e. The molecule has 0 aromatic heterocycles. The van der Waals surface area contributed by atoms with E-state index in [9.17, 15) is 0 Å². The van der Waals surface area contributed by atoms with Gasteiger partial charge >= 0.3 is 0 Å². The summed E-state index contributed by atoms with van der Waals surface area (Å²) in [5.41, 5.74) is 8.92. The van der Waals surface area contributed by atoms with Crippen LogP contribution in [0.1, 0.15) is 64.1 Å². The van der Waals surface area contributed by atoms with Gasteiger partial charge in [0, 0.05) is 0 Å². The summed E-state index contributed by atoms with van der Waals surface area (Å²) in [7, 11) is 0. The number of ether oxygens (including phenoxy) is 1. The molecule has 1 aliphatic carbocycles. The highest BCUT2D eigenvalue weighted by Crippen LogP contribution is 2.32. The van der Waals surface area contributed by atoms with Gasteiger partial charge in [-0.05, 0) is 55.6 Å². The van der Waals surface area contributed by atoms with Gasteiger partial charge in [-0.25, -0.2) is 0 Å². The summed E-state index contributed by atoms with van der Waals surface area (Å²) in [4.78, 5) is 0. The second kappa shape index (κ2) is 7.42. The quantitative estimate of drug-likeness (QED) is 0.867. The largest absolute Gasteiger partial charge is 0.373 e. The van der Waals surface area contributed by atoms with Crippen LogP contribution in [0.25, 0.3) is 0 Å². The first-order valence-corrected chi connectivity index (χ1v) is 8.51. The molecule has 2 nitrogen and oxygen atoms in total. The van der Waals surface area contributed by atoms with E-state index in [0.717, 1.165) is 18.3 Å². The third-order valence-corrected chi connectivity index (χ3v) is 5.24. The lowest BCUT2D eigenvalue weighted by molar-refractivity contribution is -0.0493. The molecule has 2 N–H and O–H groups in total. The zero-order valence-corrected chi connectivity index (χ0v) is 14.0. The lowest BCUT2D eigenvalue weighted by atomic mass is 9.80. The van der Waals surface area contributed by atoms with Gasteiger partial charge in [-0.1, -0.05) is 45.0 Å². The Morgan fingerprint density at radius 1 is 1.14 bits per heavy atom. The maximum atomic E-state index is 6.38. The highest BCUT2D eigenvalue weighted by Gasteiger charge is 2.27. The van der Waals surface area contributed by atoms with Crippen molar-refractivity contribution >= 4 is 0 Å². The maximum Gasteiger partial charge on any atom is 0.0743 e. The van der Waals surface area contributed by atoms with Crippen LogP contribution in [0, 0.1) is 11.8 Å². The minimum absolute atomic E-state index is 0.0365. The molecule has 0 amide bonds. The zero-order valence-electron chi connectivity index (χ0n) is 14.0. The summed E-state index contributed by atoms with van der Waals surface area (Å²) in [6.45, 7) is 8.98. The monoisotopic (exact) mass is 289 g/mol. The SMILES string of the molecule is CCc1ccc(C(N)C(C)OC2CCC(C)C(C)C2)cc1. The van der Waals surface area contributed by atoms with Gasteiger partial charge in [-0.3, -0.25) is 0 Å². The number of hydrogen-bond acceptors (Lipinski definition) is 2. The lowest BCUT2D eigenvalue weighted by Crippen LogP contribution is -2.34. The fraction of sp³-hybridized carbons (Fsp3) is 0.684. The van der Waals surface area contributed by atoms with Crippen LogP contribution in [0.3, 0.4) is 0 Å². The Labute approximate surface area is 130 Å². The van der Waals surface area contributed by atoms with Crippen molar-refractivity contribution in [3.8, 4) is 0 Å². The third-order valence-electron chi connectivity index (χ3n) is 5.24. The van der Waals surface area contributed by atoms with E-state index < -0.39 is 0 Å². The molecule has 0 spiro atoms. The van der Waals surface area contributed by atoms with Crippen molar-refractivity contribution in [2.75, 3.05) is 0 Å². The molecule has 118 valence electrons. The van der Waals surface area contributed by atoms with E-state index in [1.54, 1.807) is 0 Å². The van der Waals surface area contributed by atoms with Crippen LogP contribution in [-0.4, -0.2) is 12.2 Å². The highest BCUT2D eigenvalue weighted by molar-refractivity contribution is 5.25. The van der Waals surface area contributed by atoms with Crippen LogP contribution in [0.4, 0.5) is 0 Å². The molecule has 1 aromatic rings. The van der Waals surface area contributed by atoms with Crippen LogP contribution in [-0.2, 0) is 11.2 Å². The summed E-state index contributed by atoms with van der Waals surface area (Å²) in [5, 5.41) is 0. The summed E-state index contributed by atoms with van der Waals surface area (Å²) in [6.07, 6.45) is 5.15. The van der Waals surface area contributed by atoms with Crippen molar-refractivity contribution in [3.05, 3.63) is 35.4 Å². The van der Waals surface area contributed by atoms with Gasteiger partial charge in [0.2, 0.25) is 0 Å². The zero-order chi connectivity index (χ0) is 15.4. The Kier molecular flexibility index (Phi) is 5.83. The first-order chi connectivity index (χ1) is 10.0. The van der Waals surface area contributed by atoms with E-state index >= 15 is 0 Å². The second-order valence-corrected chi connectivity index (χ2v) is 6.85. The van der Waals surface area contributed by atoms with Gasteiger partial charge in [-0.2, -0.15) is 0 Å². The molecular weight excluding hydrogens is 258 g/mol. The molecule has 0 aliphatic heterocycles. The molecule has 1 fully saturated rings. The van der Waals surface area contributed by atoms with Crippen molar-refractivity contribution < 1.29 is 4.74 Å². The Hall–Kier alpha value is -0.860. The van der Waals surface area contributed by atoms with Crippen molar-refractivity contribution in [2.24, 2.45) is 17.6 Å². The van der Waals surface area contributed by atoms with E-state index in [1.807, 2.05) is 0 Å². The molecule has 0 bridgehead atoms. The number of rotatable bonds is 5. The van der Waals surface area contributed by atoms with Crippen LogP contribution in [0.2, 0.25) is 0 Å².